The molecule has 0 aliphatic rings. The first-order chi connectivity index (χ1) is 6.60. The van der Waals surface area contributed by atoms with E-state index in [0.29, 0.717) is 0 Å². The molecular formula is C8H4ClF3N2. The van der Waals surface area contributed by atoms with Crippen molar-refractivity contribution in [1.29, 1.82) is 5.26 Å². The molecule has 0 amide bonds. The van der Waals surface area contributed by atoms with E-state index in [-0.39, 0.29) is 11.4 Å². The van der Waals surface area contributed by atoms with Gasteiger partial charge in [0.2, 0.25) is 5.95 Å². The number of pyridine rings is 1. The Morgan fingerprint density at radius 2 is 2.21 bits per heavy atom. The molecule has 0 atom stereocenters. The van der Waals surface area contributed by atoms with Crippen LogP contribution in [0.2, 0.25) is 0 Å². The van der Waals surface area contributed by atoms with Crippen molar-refractivity contribution in [3.05, 3.63) is 28.8 Å². The Morgan fingerprint density at radius 3 is 2.64 bits per heavy atom. The molecule has 0 radical (unpaired) electrons. The highest BCUT2D eigenvalue weighted by Gasteiger charge is 2.20. The second-order valence-electron chi connectivity index (χ2n) is 2.41. The summed E-state index contributed by atoms with van der Waals surface area (Å²) in [6, 6.07) is 2.20. The molecule has 1 heterocycles. The minimum atomic E-state index is -2.88. The highest BCUT2D eigenvalue weighted by molar-refractivity contribution is 6.17. The Hall–Kier alpha value is -1.28. The predicted molar refractivity (Wildman–Crippen MR) is 43.4 cm³/mol. The topological polar surface area (TPSA) is 36.7 Å². The average Bonchev–Trinajstić information content (AvgIpc) is 2.15. The molecular weight excluding hydrogens is 217 g/mol. The zero-order chi connectivity index (χ0) is 10.7. The lowest BCUT2D eigenvalue weighted by Gasteiger charge is -2.06. The van der Waals surface area contributed by atoms with Crippen LogP contribution in [0.25, 0.3) is 0 Å². The number of aromatic nitrogens is 1. The first-order valence-electron chi connectivity index (χ1n) is 3.53. The molecule has 74 valence electrons. The average molecular weight is 221 g/mol. The fourth-order valence-electron chi connectivity index (χ4n) is 1.01. The molecule has 6 heteroatoms. The summed E-state index contributed by atoms with van der Waals surface area (Å²) in [6.45, 7) is 0. The van der Waals surface area contributed by atoms with Gasteiger partial charge in [-0.1, -0.05) is 0 Å². The zero-order valence-electron chi connectivity index (χ0n) is 6.77. The normalized spacial score (nSPS) is 10.3. The molecule has 0 bridgehead atoms. The van der Waals surface area contributed by atoms with Gasteiger partial charge in [0, 0.05) is 5.88 Å². The van der Waals surface area contributed by atoms with Gasteiger partial charge in [0.1, 0.15) is 6.07 Å². The number of nitriles is 1. The van der Waals surface area contributed by atoms with E-state index in [1.54, 1.807) is 0 Å². The zero-order valence-corrected chi connectivity index (χ0v) is 7.52. The maximum absolute atomic E-state index is 12.7. The smallest absolute Gasteiger partial charge is 0.208 e. The van der Waals surface area contributed by atoms with Crippen molar-refractivity contribution in [1.82, 2.24) is 4.98 Å². The van der Waals surface area contributed by atoms with E-state index in [2.05, 4.69) is 4.98 Å². The van der Waals surface area contributed by atoms with Crippen LogP contribution >= 0.6 is 11.6 Å². The molecule has 0 saturated heterocycles. The molecule has 0 unspecified atom stereocenters. The van der Waals surface area contributed by atoms with Crippen LogP contribution in [0.5, 0.6) is 0 Å². The summed E-state index contributed by atoms with van der Waals surface area (Å²) in [4.78, 5) is 3.06. The summed E-state index contributed by atoms with van der Waals surface area (Å²) in [5.74, 6) is -1.27. The molecule has 0 fully saturated rings. The van der Waals surface area contributed by atoms with Crippen LogP contribution < -0.4 is 0 Å². The van der Waals surface area contributed by atoms with Crippen molar-refractivity contribution in [2.45, 2.75) is 12.3 Å². The monoisotopic (exact) mass is 220 g/mol. The Morgan fingerprint density at radius 1 is 1.57 bits per heavy atom. The van der Waals surface area contributed by atoms with E-state index < -0.39 is 23.6 Å². The van der Waals surface area contributed by atoms with Crippen LogP contribution in [0.15, 0.2) is 6.07 Å². The van der Waals surface area contributed by atoms with Crippen molar-refractivity contribution in [3.8, 4) is 6.07 Å². The number of halogens is 4. The van der Waals surface area contributed by atoms with Crippen LogP contribution in [0, 0.1) is 17.3 Å². The third kappa shape index (κ3) is 1.96. The molecule has 0 saturated carbocycles. The first-order valence-corrected chi connectivity index (χ1v) is 4.07. The fourth-order valence-corrected chi connectivity index (χ4v) is 1.23. The second-order valence-corrected chi connectivity index (χ2v) is 2.68. The summed E-state index contributed by atoms with van der Waals surface area (Å²) >= 11 is 5.34. The van der Waals surface area contributed by atoms with E-state index in [0.717, 1.165) is 6.07 Å². The van der Waals surface area contributed by atoms with Gasteiger partial charge in [0.25, 0.3) is 6.43 Å². The maximum atomic E-state index is 12.7. The van der Waals surface area contributed by atoms with Gasteiger partial charge in [0.15, 0.2) is 5.69 Å². The molecule has 0 aliphatic heterocycles. The maximum Gasteiger partial charge on any atom is 0.266 e. The van der Waals surface area contributed by atoms with Crippen molar-refractivity contribution in [3.63, 3.8) is 0 Å². The van der Waals surface area contributed by atoms with Crippen LogP contribution in [0.1, 0.15) is 23.2 Å². The van der Waals surface area contributed by atoms with Crippen LogP contribution in [-0.4, -0.2) is 4.98 Å². The molecule has 0 aromatic carbocycles. The minimum absolute atomic E-state index is 0.106. The van der Waals surface area contributed by atoms with E-state index in [1.807, 2.05) is 0 Å². The van der Waals surface area contributed by atoms with Gasteiger partial charge in [-0.25, -0.2) is 13.8 Å². The van der Waals surface area contributed by atoms with E-state index >= 15 is 0 Å². The van der Waals surface area contributed by atoms with Gasteiger partial charge >= 0.3 is 0 Å². The third-order valence-corrected chi connectivity index (χ3v) is 1.87. The predicted octanol–water partition coefficient (Wildman–Crippen LogP) is 2.77. The van der Waals surface area contributed by atoms with E-state index in [9.17, 15) is 13.2 Å². The number of rotatable bonds is 2. The molecule has 1 aromatic heterocycles. The van der Waals surface area contributed by atoms with Crippen LogP contribution in [-0.2, 0) is 5.88 Å². The first kappa shape index (κ1) is 10.8. The summed E-state index contributed by atoms with van der Waals surface area (Å²) in [5, 5.41) is 8.46. The second kappa shape index (κ2) is 4.29. The highest BCUT2D eigenvalue weighted by atomic mass is 35.5. The molecule has 0 aliphatic carbocycles. The molecule has 0 spiro atoms. The van der Waals surface area contributed by atoms with Gasteiger partial charge in [-0.05, 0) is 11.6 Å². The van der Waals surface area contributed by atoms with E-state index in [1.165, 1.54) is 6.07 Å². The van der Waals surface area contributed by atoms with Gasteiger partial charge in [-0.15, -0.1) is 11.6 Å². The number of hydrogen-bond acceptors (Lipinski definition) is 2. The molecule has 14 heavy (non-hydrogen) atoms. The Balaban J connectivity index is 3.42. The van der Waals surface area contributed by atoms with Gasteiger partial charge in [-0.2, -0.15) is 9.65 Å². The van der Waals surface area contributed by atoms with Crippen molar-refractivity contribution in [2.75, 3.05) is 0 Å². The highest BCUT2D eigenvalue weighted by Crippen LogP contribution is 2.26. The number of hydrogen-bond donors (Lipinski definition) is 0. The molecule has 1 rings (SSSR count). The quantitative estimate of drug-likeness (QED) is 0.568. The van der Waals surface area contributed by atoms with Crippen LogP contribution in [0.4, 0.5) is 13.2 Å². The minimum Gasteiger partial charge on any atom is -0.208 e. The SMILES string of the molecule is N#Cc1nc(F)cc(CCl)c1C(F)F. The number of alkyl halides is 3. The van der Waals surface area contributed by atoms with Crippen molar-refractivity contribution >= 4 is 11.6 Å². The fraction of sp³-hybridized carbons (Fsp3) is 0.250. The molecule has 2 nitrogen and oxygen atoms in total. The van der Waals surface area contributed by atoms with Gasteiger partial charge < -0.3 is 0 Å². The summed E-state index contributed by atoms with van der Waals surface area (Å²) in [6.07, 6.45) is -2.88. The van der Waals surface area contributed by atoms with Crippen molar-refractivity contribution in [2.24, 2.45) is 0 Å². The van der Waals surface area contributed by atoms with Crippen molar-refractivity contribution < 1.29 is 13.2 Å². The molecule has 1 aromatic rings. The van der Waals surface area contributed by atoms with E-state index in [4.69, 9.17) is 16.9 Å². The Kier molecular flexibility index (Phi) is 3.31. The molecule has 0 N–H and O–H groups in total. The third-order valence-electron chi connectivity index (χ3n) is 1.58. The van der Waals surface area contributed by atoms with Crippen LogP contribution in [0.3, 0.4) is 0 Å². The number of nitrogens with zero attached hydrogens (tertiary/aromatic N) is 2. The summed E-state index contributed by atoms with van der Waals surface area (Å²) < 4.78 is 37.5. The Labute approximate surface area is 82.9 Å². The largest absolute Gasteiger partial charge is 0.266 e. The van der Waals surface area contributed by atoms with Gasteiger partial charge in [0.05, 0.1) is 5.56 Å². The standard InChI is InChI=1S/C8H4ClF3N2/c9-2-4-1-6(10)14-5(3-13)7(4)8(11)12/h1,8H,2H2. The summed E-state index contributed by atoms with van der Waals surface area (Å²) in [5.41, 5.74) is -1.31. The lowest BCUT2D eigenvalue weighted by Crippen LogP contribution is -2.02. The van der Waals surface area contributed by atoms with Gasteiger partial charge in [-0.3, -0.25) is 0 Å². The lowest BCUT2D eigenvalue weighted by molar-refractivity contribution is 0.149. The Bertz CT molecular complexity index is 387. The lowest BCUT2D eigenvalue weighted by atomic mass is 10.1. The summed E-state index contributed by atoms with van der Waals surface area (Å²) in [7, 11) is 0.